The smallest absolute Gasteiger partial charge is 0.306 e. The molecule has 0 saturated carbocycles. The SMILES string of the molecule is CCCCCCCCCCCCCCCCCCCCCCCCCCCC(=O)OC(COCCCCCCCCCCCC)COC1OC(COC2OC(CO)C(O)C(O)C2O)C(O)C(O)C1O. The molecule has 0 aromatic carbocycles. The lowest BCUT2D eigenvalue weighted by atomic mass is 9.98. The normalized spacial score (nSPS) is 25.6. The predicted octanol–water partition coefficient (Wildman–Crippen LogP) is 9.64. The molecule has 2 aliphatic rings. The van der Waals surface area contributed by atoms with Gasteiger partial charge in [0.25, 0.3) is 0 Å². The second kappa shape index (κ2) is 43.4. The molecule has 410 valence electrons. The number of hydrogen-bond acceptors (Lipinski definition) is 14. The highest BCUT2D eigenvalue weighted by Crippen LogP contribution is 2.27. The first kappa shape index (κ1) is 64.1. The van der Waals surface area contributed by atoms with Crippen LogP contribution in [0, 0.1) is 0 Å². The van der Waals surface area contributed by atoms with E-state index in [1.165, 1.54) is 180 Å². The molecule has 2 fully saturated rings. The average molecular weight is 991 g/mol. The van der Waals surface area contributed by atoms with Crippen LogP contribution in [0.5, 0.6) is 0 Å². The van der Waals surface area contributed by atoms with Crippen molar-refractivity contribution in [1.82, 2.24) is 0 Å². The van der Waals surface area contributed by atoms with Gasteiger partial charge in [-0.3, -0.25) is 4.79 Å². The second-order valence-corrected chi connectivity index (χ2v) is 20.5. The molecule has 14 nitrogen and oxygen atoms in total. The molecular weight excluding hydrogens is 885 g/mol. The van der Waals surface area contributed by atoms with Crippen LogP contribution in [0.15, 0.2) is 0 Å². The summed E-state index contributed by atoms with van der Waals surface area (Å²) in [4.78, 5) is 13.0. The van der Waals surface area contributed by atoms with Crippen molar-refractivity contribution in [3.8, 4) is 0 Å². The minimum absolute atomic E-state index is 0.0697. The Kier molecular flexibility index (Phi) is 40.3. The highest BCUT2D eigenvalue weighted by molar-refractivity contribution is 5.69. The van der Waals surface area contributed by atoms with E-state index >= 15 is 0 Å². The molecule has 7 N–H and O–H groups in total. The van der Waals surface area contributed by atoms with Gasteiger partial charge in [0.2, 0.25) is 0 Å². The van der Waals surface area contributed by atoms with E-state index in [1.54, 1.807) is 0 Å². The van der Waals surface area contributed by atoms with Crippen LogP contribution in [0.3, 0.4) is 0 Å². The summed E-state index contributed by atoms with van der Waals surface area (Å²) in [5.74, 6) is -0.369. The second-order valence-electron chi connectivity index (χ2n) is 20.5. The summed E-state index contributed by atoms with van der Waals surface area (Å²) in [7, 11) is 0. The Balaban J connectivity index is 1.64. The topological polar surface area (TPSA) is 214 Å². The molecular formula is C55H106O14. The van der Waals surface area contributed by atoms with Crippen molar-refractivity contribution in [2.24, 2.45) is 0 Å². The third-order valence-electron chi connectivity index (χ3n) is 14.1. The molecule has 0 bridgehead atoms. The van der Waals surface area contributed by atoms with Crippen LogP contribution in [-0.2, 0) is 33.2 Å². The Morgan fingerprint density at radius 2 is 0.768 bits per heavy atom. The number of esters is 1. The molecule has 2 aliphatic heterocycles. The zero-order valence-corrected chi connectivity index (χ0v) is 43.8. The summed E-state index contributed by atoms with van der Waals surface area (Å²) < 4.78 is 34.3. The maximum atomic E-state index is 13.0. The molecule has 2 heterocycles. The van der Waals surface area contributed by atoms with E-state index in [2.05, 4.69) is 13.8 Å². The van der Waals surface area contributed by atoms with Gasteiger partial charge in [-0.1, -0.05) is 226 Å². The van der Waals surface area contributed by atoms with Crippen molar-refractivity contribution < 1.29 is 69.0 Å². The maximum absolute atomic E-state index is 13.0. The molecule has 0 amide bonds. The van der Waals surface area contributed by atoms with E-state index in [0.29, 0.717) is 6.61 Å². The van der Waals surface area contributed by atoms with Crippen LogP contribution in [0.25, 0.3) is 0 Å². The van der Waals surface area contributed by atoms with Crippen molar-refractivity contribution in [2.75, 3.05) is 33.0 Å². The van der Waals surface area contributed by atoms with Crippen molar-refractivity contribution >= 4 is 5.97 Å². The van der Waals surface area contributed by atoms with Gasteiger partial charge in [0.1, 0.15) is 54.9 Å². The number of carbonyl (C=O) groups is 1. The number of ether oxygens (including phenoxy) is 6. The van der Waals surface area contributed by atoms with Gasteiger partial charge in [0.05, 0.1) is 26.4 Å². The molecule has 11 atom stereocenters. The van der Waals surface area contributed by atoms with Crippen LogP contribution in [0.2, 0.25) is 0 Å². The van der Waals surface area contributed by atoms with Crippen LogP contribution in [0.1, 0.15) is 245 Å². The molecule has 0 aromatic heterocycles. The third kappa shape index (κ3) is 30.7. The Morgan fingerprint density at radius 3 is 1.17 bits per heavy atom. The molecule has 11 unspecified atom stereocenters. The van der Waals surface area contributed by atoms with E-state index in [-0.39, 0.29) is 25.6 Å². The zero-order valence-electron chi connectivity index (χ0n) is 43.8. The van der Waals surface area contributed by atoms with Gasteiger partial charge in [-0.05, 0) is 12.8 Å². The minimum atomic E-state index is -1.70. The fraction of sp³-hybridized carbons (Fsp3) is 0.982. The number of aliphatic hydroxyl groups excluding tert-OH is 7. The maximum Gasteiger partial charge on any atom is 0.306 e. The van der Waals surface area contributed by atoms with Crippen LogP contribution < -0.4 is 0 Å². The van der Waals surface area contributed by atoms with E-state index in [4.69, 9.17) is 28.4 Å². The molecule has 69 heavy (non-hydrogen) atoms. The third-order valence-corrected chi connectivity index (χ3v) is 14.1. The first-order valence-electron chi connectivity index (χ1n) is 28.6. The van der Waals surface area contributed by atoms with Gasteiger partial charge in [0, 0.05) is 13.0 Å². The molecule has 0 aliphatic carbocycles. The Morgan fingerprint density at radius 1 is 0.420 bits per heavy atom. The molecule has 0 aromatic rings. The summed E-state index contributed by atoms with van der Waals surface area (Å²) in [6.07, 6.45) is 29.0. The molecule has 0 spiro atoms. The highest BCUT2D eigenvalue weighted by atomic mass is 16.7. The fourth-order valence-corrected chi connectivity index (χ4v) is 9.46. The predicted molar refractivity (Wildman–Crippen MR) is 271 cm³/mol. The molecule has 2 rings (SSSR count). The van der Waals surface area contributed by atoms with Gasteiger partial charge in [-0.15, -0.1) is 0 Å². The molecule has 2 saturated heterocycles. The van der Waals surface area contributed by atoms with E-state index in [0.717, 1.165) is 44.9 Å². The van der Waals surface area contributed by atoms with E-state index in [9.17, 15) is 40.5 Å². The summed E-state index contributed by atoms with van der Waals surface area (Å²) >= 11 is 0. The van der Waals surface area contributed by atoms with Crippen molar-refractivity contribution in [1.29, 1.82) is 0 Å². The number of aliphatic hydroxyl groups is 7. The van der Waals surface area contributed by atoms with Crippen molar-refractivity contribution in [2.45, 2.75) is 313 Å². The first-order valence-corrected chi connectivity index (χ1v) is 28.6. The minimum Gasteiger partial charge on any atom is -0.457 e. The van der Waals surface area contributed by atoms with E-state index < -0.39 is 80.7 Å². The zero-order chi connectivity index (χ0) is 50.2. The van der Waals surface area contributed by atoms with Gasteiger partial charge in [0.15, 0.2) is 12.6 Å². The fourth-order valence-electron chi connectivity index (χ4n) is 9.46. The van der Waals surface area contributed by atoms with Gasteiger partial charge in [-0.2, -0.15) is 0 Å². The lowest BCUT2D eigenvalue weighted by molar-refractivity contribution is -0.332. The lowest BCUT2D eigenvalue weighted by Crippen LogP contribution is -2.61. The van der Waals surface area contributed by atoms with Crippen LogP contribution in [0.4, 0.5) is 0 Å². The van der Waals surface area contributed by atoms with Crippen LogP contribution >= 0.6 is 0 Å². The summed E-state index contributed by atoms with van der Waals surface area (Å²) in [6, 6.07) is 0. The standard InChI is InChI=1S/C55H106O14/c1-3-5-7-9-11-13-15-16-17-18-19-20-21-22-23-24-25-26-27-28-29-30-32-34-36-38-47(57)67-44(41-64-39-37-35-33-31-14-12-10-8-6-4-2)42-65-54-53(63)51(61)49(59)46(69-54)43-66-55-52(62)50(60)48(58)45(40-56)68-55/h44-46,48-56,58-63H,3-43H2,1-2H3. The summed E-state index contributed by atoms with van der Waals surface area (Å²) in [6.45, 7) is 3.73. The summed E-state index contributed by atoms with van der Waals surface area (Å²) in [5, 5.41) is 72.1. The summed E-state index contributed by atoms with van der Waals surface area (Å²) in [5.41, 5.74) is 0. The first-order chi connectivity index (χ1) is 33.6. The van der Waals surface area contributed by atoms with Gasteiger partial charge >= 0.3 is 5.97 Å². The Bertz CT molecular complexity index is 1150. The molecule has 0 radical (unpaired) electrons. The van der Waals surface area contributed by atoms with Crippen LogP contribution in [-0.4, -0.2) is 142 Å². The lowest BCUT2D eigenvalue weighted by Gasteiger charge is -2.42. The Labute approximate surface area is 419 Å². The van der Waals surface area contributed by atoms with Crippen molar-refractivity contribution in [3.63, 3.8) is 0 Å². The van der Waals surface area contributed by atoms with Gasteiger partial charge in [-0.25, -0.2) is 0 Å². The number of rotatable bonds is 47. The average Bonchev–Trinajstić information content (AvgIpc) is 3.35. The number of unbranched alkanes of at least 4 members (excludes halogenated alkanes) is 33. The monoisotopic (exact) mass is 991 g/mol. The Hall–Kier alpha value is -1.01. The van der Waals surface area contributed by atoms with Crippen molar-refractivity contribution in [3.05, 3.63) is 0 Å². The quantitative estimate of drug-likeness (QED) is 0.0223. The number of carbonyl (C=O) groups excluding carboxylic acids is 1. The largest absolute Gasteiger partial charge is 0.457 e. The number of hydrogen-bond donors (Lipinski definition) is 7. The van der Waals surface area contributed by atoms with Gasteiger partial charge < -0.3 is 64.2 Å². The highest BCUT2D eigenvalue weighted by Gasteiger charge is 2.47. The van der Waals surface area contributed by atoms with E-state index in [1.807, 2.05) is 0 Å². The molecule has 14 heteroatoms.